The predicted octanol–water partition coefficient (Wildman–Crippen LogP) is 1.42. The number of alkyl halides is 1. The highest BCUT2D eigenvalue weighted by atomic mass is 19.1. The standard InChI is InChI=1S/C10H21FN2/c1-10(2,8-11)13(3)9-4-6-12-7-5-9/h9,12H,4-8H2,1-3H3. The second-order valence-corrected chi connectivity index (χ2v) is 4.54. The van der Waals surface area contributed by atoms with Crippen molar-refractivity contribution in [3.63, 3.8) is 0 Å². The van der Waals surface area contributed by atoms with E-state index in [1.165, 1.54) is 0 Å². The highest BCUT2D eigenvalue weighted by molar-refractivity contribution is 4.86. The Hall–Kier alpha value is -0.150. The predicted molar refractivity (Wildman–Crippen MR) is 53.7 cm³/mol. The zero-order chi connectivity index (χ0) is 9.90. The van der Waals surface area contributed by atoms with Crippen LogP contribution in [0.5, 0.6) is 0 Å². The molecule has 0 radical (unpaired) electrons. The number of rotatable bonds is 3. The molecule has 1 aliphatic heterocycles. The molecule has 0 spiro atoms. The van der Waals surface area contributed by atoms with Crippen LogP contribution in [0.3, 0.4) is 0 Å². The molecule has 3 heteroatoms. The summed E-state index contributed by atoms with van der Waals surface area (Å²) < 4.78 is 12.7. The molecule has 1 heterocycles. The van der Waals surface area contributed by atoms with Crippen molar-refractivity contribution in [1.82, 2.24) is 10.2 Å². The Balaban J connectivity index is 2.49. The third kappa shape index (κ3) is 2.64. The molecular weight excluding hydrogens is 167 g/mol. The summed E-state index contributed by atoms with van der Waals surface area (Å²) in [4.78, 5) is 2.19. The van der Waals surface area contributed by atoms with Crippen LogP contribution in [-0.2, 0) is 0 Å². The Kier molecular flexibility index (Phi) is 3.68. The summed E-state index contributed by atoms with van der Waals surface area (Å²) in [6.07, 6.45) is 2.28. The van der Waals surface area contributed by atoms with Crippen molar-refractivity contribution in [1.29, 1.82) is 0 Å². The fourth-order valence-corrected chi connectivity index (χ4v) is 1.78. The van der Waals surface area contributed by atoms with Crippen LogP contribution in [0.15, 0.2) is 0 Å². The molecule has 0 aromatic carbocycles. The summed E-state index contributed by atoms with van der Waals surface area (Å²) in [5.41, 5.74) is -0.304. The smallest absolute Gasteiger partial charge is 0.107 e. The first-order valence-corrected chi connectivity index (χ1v) is 5.07. The van der Waals surface area contributed by atoms with Crippen LogP contribution in [0, 0.1) is 0 Å². The zero-order valence-electron chi connectivity index (χ0n) is 8.94. The molecule has 0 amide bonds. The van der Waals surface area contributed by atoms with E-state index >= 15 is 0 Å². The van der Waals surface area contributed by atoms with Crippen LogP contribution < -0.4 is 5.32 Å². The van der Waals surface area contributed by atoms with Crippen molar-refractivity contribution < 1.29 is 4.39 Å². The van der Waals surface area contributed by atoms with Gasteiger partial charge in [-0.05, 0) is 46.8 Å². The van der Waals surface area contributed by atoms with E-state index in [1.54, 1.807) is 0 Å². The molecule has 0 bridgehead atoms. The summed E-state index contributed by atoms with van der Waals surface area (Å²) in [6, 6.07) is 0.548. The number of hydrogen-bond donors (Lipinski definition) is 1. The quantitative estimate of drug-likeness (QED) is 0.720. The van der Waals surface area contributed by atoms with Crippen molar-refractivity contribution in [3.05, 3.63) is 0 Å². The summed E-state index contributed by atoms with van der Waals surface area (Å²) in [5.74, 6) is 0. The summed E-state index contributed by atoms with van der Waals surface area (Å²) >= 11 is 0. The van der Waals surface area contributed by atoms with Crippen molar-refractivity contribution in [2.24, 2.45) is 0 Å². The van der Waals surface area contributed by atoms with Gasteiger partial charge >= 0.3 is 0 Å². The van der Waals surface area contributed by atoms with Crippen LogP contribution in [0.2, 0.25) is 0 Å². The first-order valence-electron chi connectivity index (χ1n) is 5.07. The van der Waals surface area contributed by atoms with Gasteiger partial charge in [0.2, 0.25) is 0 Å². The minimum Gasteiger partial charge on any atom is -0.317 e. The lowest BCUT2D eigenvalue weighted by Crippen LogP contribution is -2.52. The second-order valence-electron chi connectivity index (χ2n) is 4.54. The monoisotopic (exact) mass is 188 g/mol. The first-order chi connectivity index (χ1) is 6.08. The van der Waals surface area contributed by atoms with Gasteiger partial charge in [-0.2, -0.15) is 0 Å². The third-order valence-corrected chi connectivity index (χ3v) is 3.14. The van der Waals surface area contributed by atoms with Gasteiger partial charge in [0, 0.05) is 11.6 Å². The molecule has 1 fully saturated rings. The third-order valence-electron chi connectivity index (χ3n) is 3.14. The second kappa shape index (κ2) is 4.38. The Morgan fingerprint density at radius 1 is 1.38 bits per heavy atom. The van der Waals surface area contributed by atoms with Gasteiger partial charge in [-0.25, -0.2) is 4.39 Å². The average molecular weight is 188 g/mol. The molecule has 2 nitrogen and oxygen atoms in total. The van der Waals surface area contributed by atoms with E-state index in [0.717, 1.165) is 25.9 Å². The van der Waals surface area contributed by atoms with E-state index in [2.05, 4.69) is 10.2 Å². The molecule has 0 aromatic heterocycles. The van der Waals surface area contributed by atoms with E-state index in [0.29, 0.717) is 6.04 Å². The minimum absolute atomic E-state index is 0.270. The molecule has 78 valence electrons. The molecule has 0 unspecified atom stereocenters. The van der Waals surface area contributed by atoms with Gasteiger partial charge < -0.3 is 5.32 Å². The van der Waals surface area contributed by atoms with Crippen LogP contribution in [0.4, 0.5) is 4.39 Å². The number of hydrogen-bond acceptors (Lipinski definition) is 2. The van der Waals surface area contributed by atoms with Gasteiger partial charge in [-0.3, -0.25) is 4.90 Å². The van der Waals surface area contributed by atoms with E-state index in [4.69, 9.17) is 0 Å². The number of piperidine rings is 1. The van der Waals surface area contributed by atoms with E-state index in [1.807, 2.05) is 20.9 Å². The van der Waals surface area contributed by atoms with E-state index < -0.39 is 0 Å². The molecule has 1 saturated heterocycles. The average Bonchev–Trinajstić information content (AvgIpc) is 2.18. The number of halogens is 1. The van der Waals surface area contributed by atoms with Crippen molar-refractivity contribution in [2.75, 3.05) is 26.8 Å². The lowest BCUT2D eigenvalue weighted by Gasteiger charge is -2.41. The van der Waals surface area contributed by atoms with Crippen molar-refractivity contribution >= 4 is 0 Å². The SMILES string of the molecule is CN(C1CCNCC1)C(C)(C)CF. The first kappa shape index (κ1) is 10.9. The fraction of sp³-hybridized carbons (Fsp3) is 1.00. The maximum absolute atomic E-state index is 12.7. The molecule has 0 atom stereocenters. The van der Waals surface area contributed by atoms with Gasteiger partial charge in [0.15, 0.2) is 0 Å². The maximum Gasteiger partial charge on any atom is 0.107 e. The molecule has 0 saturated carbocycles. The Morgan fingerprint density at radius 2 is 1.92 bits per heavy atom. The molecule has 0 aromatic rings. The van der Waals surface area contributed by atoms with E-state index in [-0.39, 0.29) is 12.2 Å². The van der Waals surface area contributed by atoms with Gasteiger partial charge in [-0.15, -0.1) is 0 Å². The summed E-state index contributed by atoms with van der Waals surface area (Å²) in [6.45, 7) is 5.80. The number of nitrogens with zero attached hydrogens (tertiary/aromatic N) is 1. The maximum atomic E-state index is 12.7. The molecule has 1 N–H and O–H groups in total. The topological polar surface area (TPSA) is 15.3 Å². The van der Waals surface area contributed by atoms with Gasteiger partial charge in [0.05, 0.1) is 0 Å². The molecule has 0 aliphatic carbocycles. The number of nitrogens with one attached hydrogen (secondary N) is 1. The lowest BCUT2D eigenvalue weighted by atomic mass is 9.98. The largest absolute Gasteiger partial charge is 0.317 e. The van der Waals surface area contributed by atoms with Crippen LogP contribution in [0.25, 0.3) is 0 Å². The van der Waals surface area contributed by atoms with Crippen LogP contribution >= 0.6 is 0 Å². The van der Waals surface area contributed by atoms with Crippen LogP contribution in [0.1, 0.15) is 26.7 Å². The summed E-state index contributed by atoms with van der Waals surface area (Å²) in [5, 5.41) is 3.32. The summed E-state index contributed by atoms with van der Waals surface area (Å²) in [7, 11) is 2.04. The molecule has 13 heavy (non-hydrogen) atoms. The van der Waals surface area contributed by atoms with Gasteiger partial charge in [0.1, 0.15) is 6.67 Å². The molecule has 1 rings (SSSR count). The fourth-order valence-electron chi connectivity index (χ4n) is 1.78. The Bertz CT molecular complexity index is 153. The van der Waals surface area contributed by atoms with Gasteiger partial charge in [0.25, 0.3) is 0 Å². The Labute approximate surface area is 80.5 Å². The van der Waals surface area contributed by atoms with Crippen molar-refractivity contribution in [3.8, 4) is 0 Å². The highest BCUT2D eigenvalue weighted by Crippen LogP contribution is 2.20. The normalized spacial score (nSPS) is 21.0. The lowest BCUT2D eigenvalue weighted by molar-refractivity contribution is 0.0614. The Morgan fingerprint density at radius 3 is 2.38 bits per heavy atom. The van der Waals surface area contributed by atoms with E-state index in [9.17, 15) is 4.39 Å². The minimum atomic E-state index is -0.304. The zero-order valence-corrected chi connectivity index (χ0v) is 8.94. The van der Waals surface area contributed by atoms with Crippen LogP contribution in [-0.4, -0.2) is 43.3 Å². The van der Waals surface area contributed by atoms with Crippen molar-refractivity contribution in [2.45, 2.75) is 38.3 Å². The highest BCUT2D eigenvalue weighted by Gasteiger charge is 2.29. The van der Waals surface area contributed by atoms with Gasteiger partial charge in [-0.1, -0.05) is 0 Å². The molecule has 1 aliphatic rings. The molecular formula is C10H21FN2.